The highest BCUT2D eigenvalue weighted by Gasteiger charge is 2.14. The van der Waals surface area contributed by atoms with Crippen molar-refractivity contribution >= 4 is 5.97 Å². The molecule has 1 atom stereocenters. The molecule has 0 saturated carbocycles. The predicted octanol–water partition coefficient (Wildman–Crippen LogP) is 0.433. The van der Waals surface area contributed by atoms with Gasteiger partial charge in [0, 0.05) is 18.3 Å². The summed E-state index contributed by atoms with van der Waals surface area (Å²) in [4.78, 5) is 15.1. The molecule has 0 bridgehead atoms. The lowest BCUT2D eigenvalue weighted by molar-refractivity contribution is -0.142. The quantitative estimate of drug-likeness (QED) is 0.709. The van der Waals surface area contributed by atoms with Gasteiger partial charge >= 0.3 is 5.97 Å². The average molecular weight is 194 g/mol. The zero-order valence-corrected chi connectivity index (χ0v) is 8.36. The van der Waals surface area contributed by atoms with Crippen LogP contribution in [0.3, 0.4) is 0 Å². The molecule has 0 aliphatic heterocycles. The maximum absolute atomic E-state index is 11.0. The molecular formula is C10H14N2O2. The van der Waals surface area contributed by atoms with E-state index in [1.165, 1.54) is 7.11 Å². The second-order valence-electron chi connectivity index (χ2n) is 3.16. The third-order valence-electron chi connectivity index (χ3n) is 1.91. The van der Waals surface area contributed by atoms with Crippen LogP contribution in [0.1, 0.15) is 11.3 Å². The number of aromatic nitrogens is 1. The molecule has 76 valence electrons. The van der Waals surface area contributed by atoms with E-state index >= 15 is 0 Å². The van der Waals surface area contributed by atoms with E-state index in [0.29, 0.717) is 6.42 Å². The van der Waals surface area contributed by atoms with E-state index in [2.05, 4.69) is 9.72 Å². The van der Waals surface area contributed by atoms with E-state index in [4.69, 9.17) is 5.73 Å². The molecule has 0 spiro atoms. The Bertz CT molecular complexity index is 326. The van der Waals surface area contributed by atoms with Crippen LogP contribution in [0.25, 0.3) is 0 Å². The zero-order chi connectivity index (χ0) is 10.6. The van der Waals surface area contributed by atoms with E-state index in [0.717, 1.165) is 11.3 Å². The number of pyridine rings is 1. The second-order valence-corrected chi connectivity index (χ2v) is 3.16. The number of esters is 1. The lowest BCUT2D eigenvalue weighted by Gasteiger charge is -2.08. The molecule has 0 aliphatic carbocycles. The number of hydrogen-bond donors (Lipinski definition) is 1. The predicted molar refractivity (Wildman–Crippen MR) is 52.7 cm³/mol. The van der Waals surface area contributed by atoms with Gasteiger partial charge in [-0.05, 0) is 24.6 Å². The summed E-state index contributed by atoms with van der Waals surface area (Å²) in [7, 11) is 1.33. The van der Waals surface area contributed by atoms with Crippen molar-refractivity contribution in [3.63, 3.8) is 0 Å². The number of methoxy groups -OCH3 is 1. The fraction of sp³-hybridized carbons (Fsp3) is 0.400. The Morgan fingerprint density at radius 1 is 1.71 bits per heavy atom. The smallest absolute Gasteiger partial charge is 0.323 e. The zero-order valence-electron chi connectivity index (χ0n) is 8.36. The van der Waals surface area contributed by atoms with Gasteiger partial charge in [-0.2, -0.15) is 0 Å². The van der Waals surface area contributed by atoms with Gasteiger partial charge in [-0.25, -0.2) is 0 Å². The summed E-state index contributed by atoms with van der Waals surface area (Å²) < 4.78 is 4.52. The molecular weight excluding hydrogens is 180 g/mol. The van der Waals surface area contributed by atoms with Crippen LogP contribution in [0.2, 0.25) is 0 Å². The van der Waals surface area contributed by atoms with Crippen molar-refractivity contribution in [3.8, 4) is 0 Å². The molecule has 1 heterocycles. The molecule has 0 aromatic carbocycles. The number of hydrogen-bond acceptors (Lipinski definition) is 4. The van der Waals surface area contributed by atoms with Crippen LogP contribution in [0.15, 0.2) is 18.3 Å². The highest BCUT2D eigenvalue weighted by Crippen LogP contribution is 2.02. The Hall–Kier alpha value is -1.42. The maximum atomic E-state index is 11.0. The minimum Gasteiger partial charge on any atom is -0.468 e. The van der Waals surface area contributed by atoms with Crippen molar-refractivity contribution < 1.29 is 9.53 Å². The van der Waals surface area contributed by atoms with Crippen molar-refractivity contribution in [1.82, 2.24) is 4.98 Å². The molecule has 0 fully saturated rings. The summed E-state index contributed by atoms with van der Waals surface area (Å²) in [6, 6.07) is 3.17. The van der Waals surface area contributed by atoms with Crippen LogP contribution in [-0.2, 0) is 16.0 Å². The summed E-state index contributed by atoms with van der Waals surface area (Å²) in [6.45, 7) is 1.97. The first-order valence-corrected chi connectivity index (χ1v) is 4.38. The molecule has 1 aromatic rings. The van der Waals surface area contributed by atoms with Crippen molar-refractivity contribution in [2.24, 2.45) is 5.73 Å². The molecule has 0 aliphatic rings. The van der Waals surface area contributed by atoms with Gasteiger partial charge in [-0.3, -0.25) is 9.78 Å². The molecule has 4 nitrogen and oxygen atoms in total. The van der Waals surface area contributed by atoms with Gasteiger partial charge in [-0.1, -0.05) is 0 Å². The first kappa shape index (κ1) is 10.7. The second kappa shape index (κ2) is 4.72. The molecule has 2 N–H and O–H groups in total. The molecule has 0 radical (unpaired) electrons. The van der Waals surface area contributed by atoms with Crippen molar-refractivity contribution in [2.75, 3.05) is 7.11 Å². The van der Waals surface area contributed by atoms with E-state index in [-0.39, 0.29) is 0 Å². The molecule has 1 aromatic heterocycles. The Morgan fingerprint density at radius 3 is 3.00 bits per heavy atom. The number of ether oxygens (including phenoxy) is 1. The third-order valence-corrected chi connectivity index (χ3v) is 1.91. The summed E-state index contributed by atoms with van der Waals surface area (Å²) in [5.74, 6) is -0.409. The van der Waals surface area contributed by atoms with E-state index in [1.54, 1.807) is 6.20 Å². The van der Waals surface area contributed by atoms with E-state index in [9.17, 15) is 4.79 Å². The monoisotopic (exact) mass is 194 g/mol. The van der Waals surface area contributed by atoms with Crippen LogP contribution >= 0.6 is 0 Å². The SMILES string of the molecule is COC(=O)[C@H](N)Cc1cc(C)ccn1. The largest absolute Gasteiger partial charge is 0.468 e. The lowest BCUT2D eigenvalue weighted by atomic mass is 10.1. The Kier molecular flexibility index (Phi) is 3.59. The number of nitrogens with two attached hydrogens (primary N) is 1. The number of carbonyl (C=O) groups is 1. The number of carbonyl (C=O) groups excluding carboxylic acids is 1. The summed E-state index contributed by atoms with van der Waals surface area (Å²) in [5.41, 5.74) is 7.51. The summed E-state index contributed by atoms with van der Waals surface area (Å²) in [6.07, 6.45) is 2.11. The number of aryl methyl sites for hydroxylation is 1. The van der Waals surface area contributed by atoms with Gasteiger partial charge in [0.15, 0.2) is 0 Å². The molecule has 14 heavy (non-hydrogen) atoms. The molecule has 4 heteroatoms. The highest BCUT2D eigenvalue weighted by molar-refractivity contribution is 5.75. The summed E-state index contributed by atoms with van der Waals surface area (Å²) in [5, 5.41) is 0. The van der Waals surface area contributed by atoms with Crippen LogP contribution in [0, 0.1) is 6.92 Å². The van der Waals surface area contributed by atoms with E-state index in [1.807, 2.05) is 19.1 Å². The van der Waals surface area contributed by atoms with Crippen molar-refractivity contribution in [3.05, 3.63) is 29.6 Å². The van der Waals surface area contributed by atoms with Crippen LogP contribution in [0.4, 0.5) is 0 Å². The topological polar surface area (TPSA) is 65.2 Å². The molecule has 0 amide bonds. The van der Waals surface area contributed by atoms with Gasteiger partial charge in [0.25, 0.3) is 0 Å². The van der Waals surface area contributed by atoms with Gasteiger partial charge in [0.05, 0.1) is 7.11 Å². The standard InChI is InChI=1S/C10H14N2O2/c1-7-3-4-12-8(5-7)6-9(11)10(13)14-2/h3-5,9H,6,11H2,1-2H3/t9-/m1/s1. The average Bonchev–Trinajstić information content (AvgIpc) is 2.16. The molecule has 0 saturated heterocycles. The van der Waals surface area contributed by atoms with Gasteiger partial charge in [-0.15, -0.1) is 0 Å². The maximum Gasteiger partial charge on any atom is 0.323 e. The van der Waals surface area contributed by atoms with Gasteiger partial charge < -0.3 is 10.5 Å². The van der Waals surface area contributed by atoms with Gasteiger partial charge in [0.2, 0.25) is 0 Å². The van der Waals surface area contributed by atoms with Gasteiger partial charge in [0.1, 0.15) is 6.04 Å². The Labute approximate surface area is 83.1 Å². The Balaban J connectivity index is 2.64. The number of rotatable bonds is 3. The minimum atomic E-state index is -0.630. The summed E-state index contributed by atoms with van der Waals surface area (Å²) >= 11 is 0. The van der Waals surface area contributed by atoms with Crippen LogP contribution < -0.4 is 5.73 Å². The van der Waals surface area contributed by atoms with Crippen LogP contribution in [0.5, 0.6) is 0 Å². The third kappa shape index (κ3) is 2.81. The van der Waals surface area contributed by atoms with E-state index < -0.39 is 12.0 Å². The van der Waals surface area contributed by atoms with Crippen molar-refractivity contribution in [2.45, 2.75) is 19.4 Å². The highest BCUT2D eigenvalue weighted by atomic mass is 16.5. The fourth-order valence-corrected chi connectivity index (χ4v) is 1.17. The lowest BCUT2D eigenvalue weighted by Crippen LogP contribution is -2.33. The first-order chi connectivity index (χ1) is 6.63. The van der Waals surface area contributed by atoms with Crippen molar-refractivity contribution in [1.29, 1.82) is 0 Å². The number of nitrogens with zero attached hydrogens (tertiary/aromatic N) is 1. The first-order valence-electron chi connectivity index (χ1n) is 4.38. The normalized spacial score (nSPS) is 12.2. The molecule has 1 rings (SSSR count). The molecule has 0 unspecified atom stereocenters. The Morgan fingerprint density at radius 2 is 2.43 bits per heavy atom. The fourth-order valence-electron chi connectivity index (χ4n) is 1.17. The minimum absolute atomic E-state index is 0.409. The van der Waals surface area contributed by atoms with Crippen LogP contribution in [-0.4, -0.2) is 24.1 Å².